The van der Waals surface area contributed by atoms with Gasteiger partial charge in [0.25, 0.3) is 0 Å². The maximum Gasteiger partial charge on any atom is 0.151 e. The van der Waals surface area contributed by atoms with Crippen molar-refractivity contribution < 1.29 is 0 Å². The molecular weight excluding hydrogens is 152 g/mol. The van der Waals surface area contributed by atoms with Crippen LogP contribution in [0.15, 0.2) is 0 Å². The summed E-state index contributed by atoms with van der Waals surface area (Å²) in [5, 5.41) is 0. The molecule has 0 unspecified atom stereocenters. The van der Waals surface area contributed by atoms with Gasteiger partial charge in [-0.1, -0.05) is 0 Å². The van der Waals surface area contributed by atoms with Crippen LogP contribution in [0, 0.1) is 6.92 Å². The Hall–Kier alpha value is -1.32. The quantitative estimate of drug-likeness (QED) is 0.601. The molecule has 1 aromatic rings. The molecule has 1 aromatic heterocycles. The number of anilines is 2. The number of nitrogens with two attached hydrogens (primary N) is 1. The molecule has 0 aromatic carbocycles. The number of nitrogens with zero attached hydrogens (tertiary/aromatic N) is 3. The van der Waals surface area contributed by atoms with Gasteiger partial charge in [0.15, 0.2) is 5.82 Å². The first kappa shape index (κ1) is 7.34. The molecule has 2 heterocycles. The molecule has 4 heteroatoms. The predicted octanol–water partition coefficient (Wildman–Crippen LogP) is 0.360. The van der Waals surface area contributed by atoms with Crippen LogP contribution >= 0.6 is 0 Å². The standard InChI is InChI=1S/C8H12N4/c1-5-10-6-3-4-12(2)7(6)8(9)11-5/h3-4H2,1-2H3,(H2,9,10,11). The zero-order valence-corrected chi connectivity index (χ0v) is 7.33. The normalized spacial score (nSPS) is 15.0. The Morgan fingerprint density at radius 3 is 2.92 bits per heavy atom. The van der Waals surface area contributed by atoms with Gasteiger partial charge >= 0.3 is 0 Å². The minimum Gasteiger partial charge on any atom is -0.382 e. The number of nitrogen functional groups attached to an aromatic ring is 1. The van der Waals surface area contributed by atoms with Crippen molar-refractivity contribution in [2.24, 2.45) is 0 Å². The van der Waals surface area contributed by atoms with E-state index in [2.05, 4.69) is 14.9 Å². The summed E-state index contributed by atoms with van der Waals surface area (Å²) in [7, 11) is 2.01. The molecule has 0 saturated carbocycles. The van der Waals surface area contributed by atoms with E-state index in [4.69, 9.17) is 5.73 Å². The van der Waals surface area contributed by atoms with E-state index < -0.39 is 0 Å². The maximum absolute atomic E-state index is 5.77. The van der Waals surface area contributed by atoms with Gasteiger partial charge in [-0.2, -0.15) is 0 Å². The molecule has 0 aliphatic carbocycles. The molecular formula is C8H12N4. The Morgan fingerprint density at radius 2 is 2.17 bits per heavy atom. The summed E-state index contributed by atoms with van der Waals surface area (Å²) in [4.78, 5) is 10.6. The first-order chi connectivity index (χ1) is 5.68. The molecule has 0 radical (unpaired) electrons. The summed E-state index contributed by atoms with van der Waals surface area (Å²) in [5.74, 6) is 1.37. The zero-order valence-electron chi connectivity index (χ0n) is 7.33. The lowest BCUT2D eigenvalue weighted by atomic mass is 10.3. The van der Waals surface area contributed by atoms with E-state index in [1.54, 1.807) is 0 Å². The molecule has 0 amide bonds. The van der Waals surface area contributed by atoms with Gasteiger partial charge in [0.1, 0.15) is 11.5 Å². The Morgan fingerprint density at radius 1 is 1.42 bits per heavy atom. The van der Waals surface area contributed by atoms with Crippen molar-refractivity contribution in [3.8, 4) is 0 Å². The molecule has 1 aliphatic heterocycles. The van der Waals surface area contributed by atoms with Crippen LogP contribution in [0.4, 0.5) is 11.5 Å². The third-order valence-electron chi connectivity index (χ3n) is 2.16. The van der Waals surface area contributed by atoms with Gasteiger partial charge < -0.3 is 10.6 Å². The number of fused-ring (bicyclic) bond motifs is 1. The lowest BCUT2D eigenvalue weighted by Gasteiger charge is -2.12. The van der Waals surface area contributed by atoms with Gasteiger partial charge in [0.2, 0.25) is 0 Å². The molecule has 0 fully saturated rings. The van der Waals surface area contributed by atoms with Gasteiger partial charge in [-0.3, -0.25) is 0 Å². The summed E-state index contributed by atoms with van der Waals surface area (Å²) in [5.41, 5.74) is 7.87. The molecule has 1 aliphatic rings. The highest BCUT2D eigenvalue weighted by atomic mass is 15.2. The number of hydrogen-bond donors (Lipinski definition) is 1. The third-order valence-corrected chi connectivity index (χ3v) is 2.16. The van der Waals surface area contributed by atoms with Gasteiger partial charge in [0.05, 0.1) is 5.69 Å². The highest BCUT2D eigenvalue weighted by molar-refractivity contribution is 5.68. The summed E-state index contributed by atoms with van der Waals surface area (Å²) in [6.07, 6.45) is 0.986. The van der Waals surface area contributed by atoms with Crippen molar-refractivity contribution in [2.75, 3.05) is 24.2 Å². The Labute approximate surface area is 71.4 Å². The van der Waals surface area contributed by atoms with E-state index >= 15 is 0 Å². The van der Waals surface area contributed by atoms with Crippen molar-refractivity contribution in [3.63, 3.8) is 0 Å². The fourth-order valence-corrected chi connectivity index (χ4v) is 1.62. The van der Waals surface area contributed by atoms with E-state index in [0.29, 0.717) is 5.82 Å². The summed E-state index contributed by atoms with van der Waals surface area (Å²) in [6.45, 7) is 2.87. The molecule has 4 nitrogen and oxygen atoms in total. The van der Waals surface area contributed by atoms with Crippen molar-refractivity contribution in [1.82, 2.24) is 9.97 Å². The molecule has 0 saturated heterocycles. The lowest BCUT2D eigenvalue weighted by molar-refractivity contribution is 0.936. The molecule has 2 N–H and O–H groups in total. The molecule has 12 heavy (non-hydrogen) atoms. The topological polar surface area (TPSA) is 55.0 Å². The predicted molar refractivity (Wildman–Crippen MR) is 48.2 cm³/mol. The van der Waals surface area contributed by atoms with Crippen LogP contribution in [0.3, 0.4) is 0 Å². The smallest absolute Gasteiger partial charge is 0.151 e. The highest BCUT2D eigenvalue weighted by Crippen LogP contribution is 2.29. The van der Waals surface area contributed by atoms with Crippen molar-refractivity contribution in [1.29, 1.82) is 0 Å². The fraction of sp³-hybridized carbons (Fsp3) is 0.500. The number of likely N-dealkylation sites (N-methyl/N-ethyl adjacent to an activating group) is 1. The van der Waals surface area contributed by atoms with Crippen LogP contribution in [0.5, 0.6) is 0 Å². The van der Waals surface area contributed by atoms with E-state index in [-0.39, 0.29) is 0 Å². The van der Waals surface area contributed by atoms with Gasteiger partial charge in [-0.05, 0) is 6.92 Å². The second kappa shape index (κ2) is 2.33. The molecule has 0 spiro atoms. The molecule has 2 rings (SSSR count). The first-order valence-electron chi connectivity index (χ1n) is 4.02. The fourth-order valence-electron chi connectivity index (χ4n) is 1.62. The van der Waals surface area contributed by atoms with E-state index in [0.717, 1.165) is 30.2 Å². The van der Waals surface area contributed by atoms with E-state index in [1.807, 2.05) is 14.0 Å². The van der Waals surface area contributed by atoms with Crippen LogP contribution in [0.2, 0.25) is 0 Å². The van der Waals surface area contributed by atoms with Crippen LogP contribution in [-0.2, 0) is 6.42 Å². The largest absolute Gasteiger partial charge is 0.382 e. The monoisotopic (exact) mass is 164 g/mol. The van der Waals surface area contributed by atoms with Crippen LogP contribution in [0.1, 0.15) is 11.5 Å². The SMILES string of the molecule is Cc1nc(N)c2c(n1)CCN2C. The second-order valence-corrected chi connectivity index (χ2v) is 3.12. The average molecular weight is 164 g/mol. The summed E-state index contributed by atoms with van der Waals surface area (Å²) in [6, 6.07) is 0. The number of aromatic nitrogens is 2. The van der Waals surface area contributed by atoms with Gasteiger partial charge in [0, 0.05) is 20.0 Å². The Balaban J connectivity index is 2.60. The molecule has 0 atom stereocenters. The van der Waals surface area contributed by atoms with Crippen molar-refractivity contribution in [3.05, 3.63) is 11.5 Å². The third kappa shape index (κ3) is 0.913. The van der Waals surface area contributed by atoms with Crippen LogP contribution in [-0.4, -0.2) is 23.6 Å². The number of rotatable bonds is 0. The first-order valence-corrected chi connectivity index (χ1v) is 4.02. The summed E-state index contributed by atoms with van der Waals surface area (Å²) < 4.78 is 0. The van der Waals surface area contributed by atoms with E-state index in [9.17, 15) is 0 Å². The second-order valence-electron chi connectivity index (χ2n) is 3.12. The van der Waals surface area contributed by atoms with Crippen LogP contribution in [0.25, 0.3) is 0 Å². The summed E-state index contributed by atoms with van der Waals surface area (Å²) >= 11 is 0. The van der Waals surface area contributed by atoms with Gasteiger partial charge in [-0.25, -0.2) is 9.97 Å². The minimum atomic E-state index is 0.609. The van der Waals surface area contributed by atoms with Crippen molar-refractivity contribution in [2.45, 2.75) is 13.3 Å². The number of hydrogen-bond acceptors (Lipinski definition) is 4. The number of aryl methyl sites for hydroxylation is 1. The Kier molecular flexibility index (Phi) is 1.43. The highest BCUT2D eigenvalue weighted by Gasteiger charge is 2.20. The average Bonchev–Trinajstić information content (AvgIpc) is 2.31. The van der Waals surface area contributed by atoms with Crippen LogP contribution < -0.4 is 10.6 Å². The molecule has 0 bridgehead atoms. The molecule has 64 valence electrons. The Bertz CT molecular complexity index is 321. The minimum absolute atomic E-state index is 0.609. The van der Waals surface area contributed by atoms with Gasteiger partial charge in [-0.15, -0.1) is 0 Å². The van der Waals surface area contributed by atoms with E-state index in [1.165, 1.54) is 0 Å². The lowest BCUT2D eigenvalue weighted by Crippen LogP contribution is -2.14. The zero-order chi connectivity index (χ0) is 8.72. The maximum atomic E-state index is 5.77. The van der Waals surface area contributed by atoms with Crippen molar-refractivity contribution >= 4 is 11.5 Å².